The molecule has 0 saturated heterocycles. The number of rotatable bonds is 2. The Morgan fingerprint density at radius 2 is 1.67 bits per heavy atom. The lowest BCUT2D eigenvalue weighted by molar-refractivity contribution is 0.0961. The number of benzene rings is 1. The average Bonchev–Trinajstić information content (AvgIpc) is 2.80. The second-order valence-corrected chi connectivity index (χ2v) is 4.96. The first-order chi connectivity index (χ1) is 7.00. The molecule has 2 rings (SSSR count). The Kier molecular flexibility index (Phi) is 2.41. The van der Waals surface area contributed by atoms with Gasteiger partial charge >= 0.3 is 0 Å². The van der Waals surface area contributed by atoms with Crippen LogP contribution >= 0.6 is 0 Å². The molecule has 2 unspecified atom stereocenters. The van der Waals surface area contributed by atoms with Crippen molar-refractivity contribution in [2.45, 2.75) is 34.1 Å². The number of hydrogen-bond donors (Lipinski definition) is 0. The van der Waals surface area contributed by atoms with Crippen LogP contribution in [0.3, 0.4) is 0 Å². The van der Waals surface area contributed by atoms with Crippen molar-refractivity contribution in [3.05, 3.63) is 34.4 Å². The molecule has 0 radical (unpaired) electrons. The Morgan fingerprint density at radius 1 is 1.20 bits per heavy atom. The standard InChI is InChI=1S/C14H18O/c1-8-5-10(3)13(11(4)6-8)14(15)12-7-9(12)2/h5-6,9,12H,7H2,1-4H3. The van der Waals surface area contributed by atoms with Gasteiger partial charge in [-0.15, -0.1) is 0 Å². The van der Waals surface area contributed by atoms with Gasteiger partial charge in [0, 0.05) is 11.5 Å². The van der Waals surface area contributed by atoms with Crippen molar-refractivity contribution in [3.8, 4) is 0 Å². The molecule has 15 heavy (non-hydrogen) atoms. The fourth-order valence-electron chi connectivity index (χ4n) is 2.44. The van der Waals surface area contributed by atoms with Gasteiger partial charge in [0.25, 0.3) is 0 Å². The quantitative estimate of drug-likeness (QED) is 0.671. The summed E-state index contributed by atoms with van der Waals surface area (Å²) >= 11 is 0. The maximum Gasteiger partial charge on any atom is 0.166 e. The van der Waals surface area contributed by atoms with E-state index in [2.05, 4.69) is 26.0 Å². The van der Waals surface area contributed by atoms with Crippen LogP contribution in [0.15, 0.2) is 12.1 Å². The molecule has 1 saturated carbocycles. The fraction of sp³-hybridized carbons (Fsp3) is 0.500. The minimum absolute atomic E-state index is 0.296. The van der Waals surface area contributed by atoms with Gasteiger partial charge in [0.2, 0.25) is 0 Å². The van der Waals surface area contributed by atoms with Crippen LogP contribution in [0.25, 0.3) is 0 Å². The van der Waals surface area contributed by atoms with Crippen molar-refractivity contribution in [1.29, 1.82) is 0 Å². The summed E-state index contributed by atoms with van der Waals surface area (Å²) in [4.78, 5) is 12.2. The Morgan fingerprint density at radius 3 is 2.07 bits per heavy atom. The topological polar surface area (TPSA) is 17.1 Å². The van der Waals surface area contributed by atoms with Crippen LogP contribution in [0.4, 0.5) is 0 Å². The van der Waals surface area contributed by atoms with E-state index in [1.165, 1.54) is 5.56 Å². The zero-order chi connectivity index (χ0) is 11.2. The molecule has 1 aliphatic rings. The van der Waals surface area contributed by atoms with Gasteiger partial charge in [-0.05, 0) is 44.2 Å². The van der Waals surface area contributed by atoms with Crippen molar-refractivity contribution in [1.82, 2.24) is 0 Å². The lowest BCUT2D eigenvalue weighted by Crippen LogP contribution is -2.08. The first-order valence-corrected chi connectivity index (χ1v) is 5.62. The van der Waals surface area contributed by atoms with Gasteiger partial charge in [-0.25, -0.2) is 0 Å². The molecule has 1 nitrogen and oxygen atoms in total. The number of aryl methyl sites for hydroxylation is 3. The van der Waals surface area contributed by atoms with Gasteiger partial charge in [0.05, 0.1) is 0 Å². The van der Waals surface area contributed by atoms with Crippen LogP contribution in [-0.2, 0) is 0 Å². The van der Waals surface area contributed by atoms with Gasteiger partial charge in [0.1, 0.15) is 0 Å². The third-order valence-electron chi connectivity index (χ3n) is 3.37. The highest BCUT2D eigenvalue weighted by Crippen LogP contribution is 2.41. The van der Waals surface area contributed by atoms with E-state index in [9.17, 15) is 4.79 Å². The molecule has 1 aliphatic carbocycles. The third kappa shape index (κ3) is 1.83. The molecule has 0 aliphatic heterocycles. The van der Waals surface area contributed by atoms with Gasteiger partial charge in [0.15, 0.2) is 5.78 Å². The van der Waals surface area contributed by atoms with E-state index in [-0.39, 0.29) is 0 Å². The molecule has 80 valence electrons. The molecule has 2 atom stereocenters. The molecule has 1 heteroatoms. The Balaban J connectivity index is 2.39. The minimum atomic E-state index is 0.296. The highest BCUT2D eigenvalue weighted by atomic mass is 16.1. The van der Waals surface area contributed by atoms with E-state index >= 15 is 0 Å². The van der Waals surface area contributed by atoms with Crippen molar-refractivity contribution in [2.24, 2.45) is 11.8 Å². The fourth-order valence-corrected chi connectivity index (χ4v) is 2.44. The van der Waals surface area contributed by atoms with Crippen LogP contribution < -0.4 is 0 Å². The summed E-state index contributed by atoms with van der Waals surface area (Å²) in [6, 6.07) is 4.21. The SMILES string of the molecule is Cc1cc(C)c(C(=O)C2CC2C)c(C)c1. The average molecular weight is 202 g/mol. The molecular weight excluding hydrogens is 184 g/mol. The van der Waals surface area contributed by atoms with E-state index in [0.29, 0.717) is 17.6 Å². The van der Waals surface area contributed by atoms with E-state index in [1.54, 1.807) is 0 Å². The number of ketones is 1. The second-order valence-electron chi connectivity index (χ2n) is 4.96. The normalized spacial score (nSPS) is 24.0. The van der Waals surface area contributed by atoms with E-state index < -0.39 is 0 Å². The van der Waals surface area contributed by atoms with Gasteiger partial charge < -0.3 is 0 Å². The van der Waals surface area contributed by atoms with Crippen molar-refractivity contribution in [2.75, 3.05) is 0 Å². The summed E-state index contributed by atoms with van der Waals surface area (Å²) in [5, 5.41) is 0. The molecular formula is C14H18O. The summed E-state index contributed by atoms with van der Waals surface area (Å²) in [5.74, 6) is 1.25. The van der Waals surface area contributed by atoms with Crippen LogP contribution in [0, 0.1) is 32.6 Å². The molecule has 1 aromatic carbocycles. The molecule has 0 N–H and O–H groups in total. The number of carbonyl (C=O) groups excluding carboxylic acids is 1. The maximum absolute atomic E-state index is 12.2. The Hall–Kier alpha value is -1.11. The lowest BCUT2D eigenvalue weighted by Gasteiger charge is -2.09. The Labute approximate surface area is 91.5 Å². The molecule has 0 spiro atoms. The van der Waals surface area contributed by atoms with Crippen LogP contribution in [0.5, 0.6) is 0 Å². The Bertz CT molecular complexity index is 394. The molecule has 1 aromatic rings. The maximum atomic E-state index is 12.2. The van der Waals surface area contributed by atoms with Crippen LogP contribution in [0.2, 0.25) is 0 Å². The summed E-state index contributed by atoms with van der Waals surface area (Å²) in [6.45, 7) is 8.32. The molecule has 0 heterocycles. The number of hydrogen-bond acceptors (Lipinski definition) is 1. The largest absolute Gasteiger partial charge is 0.294 e. The summed E-state index contributed by atoms with van der Waals surface area (Å²) in [6.07, 6.45) is 1.07. The van der Waals surface area contributed by atoms with E-state index in [0.717, 1.165) is 23.1 Å². The number of Topliss-reactive ketones (excluding diaryl/α,β-unsaturated/α-hetero) is 1. The highest BCUT2D eigenvalue weighted by Gasteiger charge is 2.40. The zero-order valence-corrected chi connectivity index (χ0v) is 9.92. The van der Waals surface area contributed by atoms with Crippen molar-refractivity contribution in [3.63, 3.8) is 0 Å². The number of carbonyl (C=O) groups is 1. The molecule has 0 bridgehead atoms. The van der Waals surface area contributed by atoms with Crippen molar-refractivity contribution >= 4 is 5.78 Å². The van der Waals surface area contributed by atoms with E-state index in [1.807, 2.05) is 13.8 Å². The second kappa shape index (κ2) is 3.48. The summed E-state index contributed by atoms with van der Waals surface area (Å²) in [7, 11) is 0. The first-order valence-electron chi connectivity index (χ1n) is 5.62. The van der Waals surface area contributed by atoms with Crippen LogP contribution in [0.1, 0.15) is 40.4 Å². The predicted octanol–water partition coefficient (Wildman–Crippen LogP) is 3.45. The minimum Gasteiger partial charge on any atom is -0.294 e. The van der Waals surface area contributed by atoms with Gasteiger partial charge in [-0.1, -0.05) is 24.6 Å². The molecule has 1 fully saturated rings. The molecule has 0 aromatic heterocycles. The smallest absolute Gasteiger partial charge is 0.166 e. The van der Waals surface area contributed by atoms with Crippen LogP contribution in [-0.4, -0.2) is 5.78 Å². The van der Waals surface area contributed by atoms with Gasteiger partial charge in [-0.3, -0.25) is 4.79 Å². The summed E-state index contributed by atoms with van der Waals surface area (Å²) in [5.41, 5.74) is 4.48. The highest BCUT2D eigenvalue weighted by molar-refractivity contribution is 6.02. The lowest BCUT2D eigenvalue weighted by atomic mass is 9.94. The molecule has 0 amide bonds. The predicted molar refractivity (Wildman–Crippen MR) is 62.3 cm³/mol. The van der Waals surface area contributed by atoms with E-state index in [4.69, 9.17) is 0 Å². The van der Waals surface area contributed by atoms with Crippen molar-refractivity contribution < 1.29 is 4.79 Å². The first kappa shape index (κ1) is 10.4. The zero-order valence-electron chi connectivity index (χ0n) is 9.92. The third-order valence-corrected chi connectivity index (χ3v) is 3.37. The monoisotopic (exact) mass is 202 g/mol. The van der Waals surface area contributed by atoms with Gasteiger partial charge in [-0.2, -0.15) is 0 Å². The summed E-state index contributed by atoms with van der Waals surface area (Å²) < 4.78 is 0.